The molecule has 0 radical (unpaired) electrons. The van der Waals surface area contributed by atoms with Gasteiger partial charge in [0, 0.05) is 11.9 Å². The molecule has 0 saturated carbocycles. The number of benzene rings is 1. The van der Waals surface area contributed by atoms with E-state index in [-0.39, 0.29) is 0 Å². The number of thiophene rings is 1. The number of anilines is 2. The van der Waals surface area contributed by atoms with E-state index in [1.54, 1.807) is 11.3 Å². The van der Waals surface area contributed by atoms with Crippen molar-refractivity contribution in [3.63, 3.8) is 0 Å². The van der Waals surface area contributed by atoms with E-state index in [4.69, 9.17) is 5.73 Å². The molecule has 6 heteroatoms. The number of nitrogens with two attached hydrogens (primary N) is 1. The fourth-order valence-electron chi connectivity index (χ4n) is 2.63. The lowest BCUT2D eigenvalue weighted by Gasteiger charge is -2.33. The fraction of sp³-hybridized carbons (Fsp3) is 0.333. The first-order chi connectivity index (χ1) is 10.1. The van der Waals surface area contributed by atoms with Gasteiger partial charge in [-0.2, -0.15) is 0 Å². The van der Waals surface area contributed by atoms with Crippen molar-refractivity contribution >= 4 is 49.4 Å². The fourth-order valence-corrected chi connectivity index (χ4v) is 6.23. The number of aryl methyl sites for hydroxylation is 1. The van der Waals surface area contributed by atoms with Gasteiger partial charge in [-0.05, 0) is 59.9 Å². The van der Waals surface area contributed by atoms with E-state index >= 15 is 0 Å². The Bertz CT molecular complexity index is 727. The van der Waals surface area contributed by atoms with E-state index in [0.717, 1.165) is 37.9 Å². The van der Waals surface area contributed by atoms with Crippen LogP contribution in [0.15, 0.2) is 31.1 Å². The van der Waals surface area contributed by atoms with Crippen LogP contribution in [0.5, 0.6) is 0 Å². The van der Waals surface area contributed by atoms with E-state index < -0.39 is 10.8 Å². The molecule has 1 atom stereocenters. The average Bonchev–Trinajstić information content (AvgIpc) is 2.85. The van der Waals surface area contributed by atoms with Gasteiger partial charge in [-0.1, -0.05) is 6.07 Å². The number of rotatable bonds is 3. The van der Waals surface area contributed by atoms with Crippen LogP contribution in [-0.4, -0.2) is 17.3 Å². The van der Waals surface area contributed by atoms with Crippen LogP contribution in [0.3, 0.4) is 0 Å². The minimum Gasteiger partial charge on any atom is -0.338 e. The maximum absolute atomic E-state index is 12.9. The van der Waals surface area contributed by atoms with Gasteiger partial charge in [0.2, 0.25) is 0 Å². The topological polar surface area (TPSA) is 46.3 Å². The van der Waals surface area contributed by atoms with Gasteiger partial charge in [-0.25, -0.2) is 4.21 Å². The van der Waals surface area contributed by atoms with E-state index in [1.165, 1.54) is 11.1 Å². The zero-order valence-corrected chi connectivity index (χ0v) is 15.2. The van der Waals surface area contributed by atoms with E-state index in [1.807, 2.05) is 11.4 Å². The summed E-state index contributed by atoms with van der Waals surface area (Å²) in [7, 11) is -1.10. The molecule has 3 nitrogen and oxygen atoms in total. The molecule has 0 bridgehead atoms. The predicted molar refractivity (Wildman–Crippen MR) is 93.3 cm³/mol. The Balaban J connectivity index is 2.25. The highest BCUT2D eigenvalue weighted by Crippen LogP contribution is 2.50. The highest BCUT2D eigenvalue weighted by Gasteiger charge is 2.32. The summed E-state index contributed by atoms with van der Waals surface area (Å²) in [6, 6.07) is 4.06. The molecule has 1 aliphatic heterocycles. The normalized spacial score (nSPS) is 16.8. The molecule has 2 heterocycles. The van der Waals surface area contributed by atoms with Gasteiger partial charge in [0.25, 0.3) is 0 Å². The average molecular weight is 385 g/mol. The van der Waals surface area contributed by atoms with Crippen LogP contribution in [-0.2, 0) is 10.8 Å². The first-order valence-corrected chi connectivity index (χ1v) is 9.65. The quantitative estimate of drug-likeness (QED) is 0.866. The maximum atomic E-state index is 12.9. The predicted octanol–water partition coefficient (Wildman–Crippen LogP) is 4.09. The second kappa shape index (κ2) is 5.83. The van der Waals surface area contributed by atoms with Gasteiger partial charge in [0.15, 0.2) is 0 Å². The molecule has 1 aromatic carbocycles. The second-order valence-corrected chi connectivity index (χ2v) is 8.51. The zero-order valence-electron chi connectivity index (χ0n) is 12.0. The second-order valence-electron chi connectivity index (χ2n) is 5.14. The number of hydrogen-bond donors (Lipinski definition) is 1. The highest BCUT2D eigenvalue weighted by molar-refractivity contribution is 9.10. The molecule has 0 spiro atoms. The Labute approximate surface area is 139 Å². The lowest BCUT2D eigenvalue weighted by atomic mass is 10.1. The largest absolute Gasteiger partial charge is 0.338 e. The van der Waals surface area contributed by atoms with E-state index in [9.17, 15) is 4.21 Å². The van der Waals surface area contributed by atoms with Crippen molar-refractivity contribution in [3.05, 3.63) is 33.1 Å². The number of fused-ring (bicyclic) bond motifs is 2. The summed E-state index contributed by atoms with van der Waals surface area (Å²) in [5, 5.41) is 2.02. The Morgan fingerprint density at radius 3 is 2.81 bits per heavy atom. The summed E-state index contributed by atoms with van der Waals surface area (Å²) in [5.74, 6) is 0. The molecule has 0 fully saturated rings. The lowest BCUT2D eigenvalue weighted by molar-refractivity contribution is 0.682. The van der Waals surface area contributed by atoms with Crippen molar-refractivity contribution in [2.24, 2.45) is 5.73 Å². The number of hydrogen-bond acceptors (Lipinski definition) is 4. The Kier molecular flexibility index (Phi) is 4.23. The van der Waals surface area contributed by atoms with Gasteiger partial charge < -0.3 is 10.6 Å². The molecule has 0 aliphatic carbocycles. The van der Waals surface area contributed by atoms with Crippen molar-refractivity contribution in [1.82, 2.24) is 0 Å². The third kappa shape index (κ3) is 2.38. The summed E-state index contributed by atoms with van der Waals surface area (Å²) < 4.78 is 14.8. The summed E-state index contributed by atoms with van der Waals surface area (Å²) in [5.41, 5.74) is 10.3. The maximum Gasteiger partial charge on any atom is 0.121 e. The van der Waals surface area contributed by atoms with Gasteiger partial charge in [0.1, 0.15) is 4.21 Å². The minimum absolute atomic E-state index is 0.650. The zero-order chi connectivity index (χ0) is 15.1. The molecule has 0 amide bonds. The van der Waals surface area contributed by atoms with Gasteiger partial charge in [0.05, 0.1) is 31.5 Å². The summed E-state index contributed by atoms with van der Waals surface area (Å²) >= 11 is 5.16. The van der Waals surface area contributed by atoms with Crippen molar-refractivity contribution in [2.45, 2.75) is 29.4 Å². The van der Waals surface area contributed by atoms with Crippen LogP contribution in [0, 0.1) is 13.8 Å². The SMILES string of the molecule is Cc1ccc2c(c1C)N(CCCN)c1c(Br)csc1S2=O. The monoisotopic (exact) mass is 384 g/mol. The Morgan fingerprint density at radius 1 is 1.33 bits per heavy atom. The van der Waals surface area contributed by atoms with Crippen molar-refractivity contribution in [3.8, 4) is 0 Å². The lowest BCUT2D eigenvalue weighted by Crippen LogP contribution is -2.27. The number of halogens is 1. The van der Waals surface area contributed by atoms with Crippen LogP contribution in [0.25, 0.3) is 0 Å². The third-order valence-corrected chi connectivity index (χ3v) is 7.52. The molecule has 1 aliphatic rings. The van der Waals surface area contributed by atoms with Crippen molar-refractivity contribution in [1.29, 1.82) is 0 Å². The van der Waals surface area contributed by atoms with Crippen LogP contribution in [0.2, 0.25) is 0 Å². The Morgan fingerprint density at radius 2 is 2.10 bits per heavy atom. The molecule has 1 unspecified atom stereocenters. The summed E-state index contributed by atoms with van der Waals surface area (Å²) in [6.45, 7) is 5.69. The first-order valence-electron chi connectivity index (χ1n) is 6.82. The van der Waals surface area contributed by atoms with Crippen LogP contribution >= 0.6 is 27.3 Å². The van der Waals surface area contributed by atoms with Gasteiger partial charge in [-0.3, -0.25) is 0 Å². The highest BCUT2D eigenvalue weighted by atomic mass is 79.9. The summed E-state index contributed by atoms with van der Waals surface area (Å²) in [6.07, 6.45) is 0.904. The molecular formula is C15H17BrN2OS2. The molecule has 112 valence electrons. The Hall–Kier alpha value is -0.690. The molecular weight excluding hydrogens is 368 g/mol. The van der Waals surface area contributed by atoms with Crippen LogP contribution < -0.4 is 10.6 Å². The van der Waals surface area contributed by atoms with Crippen LogP contribution in [0.4, 0.5) is 11.4 Å². The number of nitrogens with zero attached hydrogens (tertiary/aromatic N) is 1. The van der Waals surface area contributed by atoms with Gasteiger partial charge in [-0.15, -0.1) is 11.3 Å². The van der Waals surface area contributed by atoms with E-state index in [2.05, 4.69) is 40.7 Å². The van der Waals surface area contributed by atoms with Crippen molar-refractivity contribution in [2.75, 3.05) is 18.0 Å². The molecule has 2 N–H and O–H groups in total. The minimum atomic E-state index is -1.10. The smallest absolute Gasteiger partial charge is 0.121 e. The van der Waals surface area contributed by atoms with E-state index in [0.29, 0.717) is 6.54 Å². The van der Waals surface area contributed by atoms with Gasteiger partial charge >= 0.3 is 0 Å². The van der Waals surface area contributed by atoms with Crippen molar-refractivity contribution < 1.29 is 4.21 Å². The molecule has 2 aromatic rings. The summed E-state index contributed by atoms with van der Waals surface area (Å²) in [4.78, 5) is 3.19. The molecule has 1 aromatic heterocycles. The molecule has 3 rings (SSSR count). The third-order valence-electron chi connectivity index (χ3n) is 3.85. The van der Waals surface area contributed by atoms with Crippen LogP contribution in [0.1, 0.15) is 17.5 Å². The molecule has 21 heavy (non-hydrogen) atoms. The first kappa shape index (κ1) is 15.2. The standard InChI is InChI=1S/C15H17BrN2OS2/c1-9-4-5-12-13(10(9)2)18(7-3-6-17)14-11(16)8-20-15(14)21(12)19/h4-5,8H,3,6-7,17H2,1-2H3. The molecule has 0 saturated heterocycles.